The predicted octanol–water partition coefficient (Wildman–Crippen LogP) is 6.88. The Bertz CT molecular complexity index is 1330. The van der Waals surface area contributed by atoms with Crippen LogP contribution in [0.4, 0.5) is 26.3 Å². The number of hydrogen-bond donors (Lipinski definition) is 0. The molecule has 11 heteroatoms. The first kappa shape index (κ1) is 24.8. The molecule has 0 bridgehead atoms. The van der Waals surface area contributed by atoms with Gasteiger partial charge in [-0.3, -0.25) is 9.48 Å². The van der Waals surface area contributed by atoms with Gasteiger partial charge in [-0.25, -0.2) is 0 Å². The molecule has 0 saturated heterocycles. The van der Waals surface area contributed by atoms with Crippen molar-refractivity contribution in [2.24, 2.45) is 0 Å². The molecular weight excluding hydrogens is 490 g/mol. The Morgan fingerprint density at radius 3 is 1.69 bits per heavy atom. The highest BCUT2D eigenvalue weighted by Gasteiger charge is 2.31. The SMILES string of the molecule is O=Cc1ccc(Cn2nc(-c3ccc(OC(F)(F)F)cc3)cc2-c2ccc(OC(F)(F)F)cc2)cc1. The van der Waals surface area contributed by atoms with Gasteiger partial charge in [0.2, 0.25) is 0 Å². The van der Waals surface area contributed by atoms with Crippen LogP contribution >= 0.6 is 0 Å². The third-order valence-electron chi connectivity index (χ3n) is 5.00. The minimum atomic E-state index is -4.83. The summed E-state index contributed by atoms with van der Waals surface area (Å²) in [6, 6.07) is 18.8. The Labute approximate surface area is 200 Å². The summed E-state index contributed by atoms with van der Waals surface area (Å²) in [7, 11) is 0. The fourth-order valence-corrected chi connectivity index (χ4v) is 3.44. The van der Waals surface area contributed by atoms with Gasteiger partial charge in [0.1, 0.15) is 17.8 Å². The molecule has 0 unspecified atom stereocenters. The zero-order valence-electron chi connectivity index (χ0n) is 18.2. The molecule has 0 atom stereocenters. The van der Waals surface area contributed by atoms with Gasteiger partial charge in [-0.1, -0.05) is 24.3 Å². The molecule has 0 fully saturated rings. The number of rotatable bonds is 7. The van der Waals surface area contributed by atoms with E-state index in [4.69, 9.17) is 0 Å². The maximum atomic E-state index is 12.5. The number of halogens is 6. The maximum absolute atomic E-state index is 12.5. The van der Waals surface area contributed by atoms with Crippen molar-refractivity contribution in [2.45, 2.75) is 19.3 Å². The minimum absolute atomic E-state index is 0.255. The third-order valence-corrected chi connectivity index (χ3v) is 5.00. The number of alkyl halides is 6. The Kier molecular flexibility index (Phi) is 6.73. The molecule has 0 spiro atoms. The number of benzene rings is 3. The summed E-state index contributed by atoms with van der Waals surface area (Å²) in [6.45, 7) is 0.255. The van der Waals surface area contributed by atoms with E-state index in [1.165, 1.54) is 36.4 Å². The lowest BCUT2D eigenvalue weighted by atomic mass is 10.1. The summed E-state index contributed by atoms with van der Waals surface area (Å²) in [5.41, 5.74) is 3.27. The second kappa shape index (κ2) is 9.76. The van der Waals surface area contributed by atoms with E-state index in [1.807, 2.05) is 0 Å². The van der Waals surface area contributed by atoms with E-state index in [0.29, 0.717) is 34.4 Å². The highest BCUT2D eigenvalue weighted by Crippen LogP contribution is 2.31. The zero-order valence-corrected chi connectivity index (χ0v) is 18.2. The van der Waals surface area contributed by atoms with Crippen molar-refractivity contribution in [3.8, 4) is 34.0 Å². The topological polar surface area (TPSA) is 53.4 Å². The number of aromatic nitrogens is 2. The van der Waals surface area contributed by atoms with Crippen LogP contribution < -0.4 is 9.47 Å². The molecule has 5 nitrogen and oxygen atoms in total. The molecular formula is C25H16F6N2O3. The Morgan fingerprint density at radius 1 is 0.722 bits per heavy atom. The first-order chi connectivity index (χ1) is 17.0. The molecule has 0 N–H and O–H groups in total. The number of nitrogens with zero attached hydrogens (tertiary/aromatic N) is 2. The quantitative estimate of drug-likeness (QED) is 0.203. The standard InChI is InChI=1S/C25H16F6N2O3/c26-24(27,28)35-20-9-5-18(6-10-20)22-13-23(19-7-11-21(12-8-19)36-25(29,30)31)33(32-22)14-16-1-3-17(15-34)4-2-16/h1-13,15H,14H2. The van der Waals surface area contributed by atoms with Crippen LogP contribution in [-0.4, -0.2) is 28.8 Å². The smallest absolute Gasteiger partial charge is 0.406 e. The Balaban J connectivity index is 1.68. The fourth-order valence-electron chi connectivity index (χ4n) is 3.44. The summed E-state index contributed by atoms with van der Waals surface area (Å²) < 4.78 is 84.3. The molecule has 0 radical (unpaired) electrons. The highest BCUT2D eigenvalue weighted by atomic mass is 19.4. The van der Waals surface area contributed by atoms with Gasteiger partial charge < -0.3 is 9.47 Å². The van der Waals surface area contributed by atoms with Gasteiger partial charge in [-0.15, -0.1) is 26.3 Å². The van der Waals surface area contributed by atoms with Crippen LogP contribution in [0, 0.1) is 0 Å². The number of hydrogen-bond acceptors (Lipinski definition) is 4. The van der Waals surface area contributed by atoms with Gasteiger partial charge in [0.25, 0.3) is 0 Å². The van der Waals surface area contributed by atoms with Gasteiger partial charge in [0, 0.05) is 16.7 Å². The van der Waals surface area contributed by atoms with E-state index >= 15 is 0 Å². The Morgan fingerprint density at radius 2 is 1.22 bits per heavy atom. The third kappa shape index (κ3) is 6.44. The van der Waals surface area contributed by atoms with Crippen molar-refractivity contribution in [3.63, 3.8) is 0 Å². The van der Waals surface area contributed by atoms with E-state index < -0.39 is 12.7 Å². The van der Waals surface area contributed by atoms with E-state index in [-0.39, 0.29) is 18.0 Å². The monoisotopic (exact) mass is 506 g/mol. The van der Waals surface area contributed by atoms with Crippen LogP contribution in [0.2, 0.25) is 0 Å². The average molecular weight is 506 g/mol. The Hall–Kier alpha value is -4.28. The van der Waals surface area contributed by atoms with Gasteiger partial charge in [-0.05, 0) is 60.2 Å². The number of carbonyl (C=O) groups is 1. The fraction of sp³-hybridized carbons (Fsp3) is 0.120. The first-order valence-corrected chi connectivity index (χ1v) is 10.3. The molecule has 36 heavy (non-hydrogen) atoms. The first-order valence-electron chi connectivity index (χ1n) is 10.3. The van der Waals surface area contributed by atoms with Crippen LogP contribution in [0.25, 0.3) is 22.5 Å². The predicted molar refractivity (Wildman–Crippen MR) is 117 cm³/mol. The van der Waals surface area contributed by atoms with Crippen molar-refractivity contribution in [2.75, 3.05) is 0 Å². The van der Waals surface area contributed by atoms with Crippen LogP contribution in [0.3, 0.4) is 0 Å². The molecule has 3 aromatic carbocycles. The number of ether oxygens (including phenoxy) is 2. The summed E-state index contributed by atoms with van der Waals surface area (Å²) in [4.78, 5) is 10.9. The lowest BCUT2D eigenvalue weighted by Crippen LogP contribution is -2.17. The molecule has 0 aliphatic carbocycles. The van der Waals surface area contributed by atoms with Crippen molar-refractivity contribution < 1.29 is 40.6 Å². The molecule has 4 aromatic rings. The summed E-state index contributed by atoms with van der Waals surface area (Å²) >= 11 is 0. The summed E-state index contributed by atoms with van der Waals surface area (Å²) in [5.74, 6) is -0.774. The lowest BCUT2D eigenvalue weighted by Gasteiger charge is -2.11. The second-order valence-corrected chi connectivity index (χ2v) is 7.58. The van der Waals surface area contributed by atoms with E-state index in [2.05, 4.69) is 14.6 Å². The van der Waals surface area contributed by atoms with Gasteiger partial charge in [0.05, 0.1) is 17.9 Å². The normalized spacial score (nSPS) is 11.8. The molecule has 0 aliphatic heterocycles. The molecule has 1 aromatic heterocycles. The molecule has 0 saturated carbocycles. The molecule has 0 amide bonds. The van der Waals surface area contributed by atoms with E-state index in [9.17, 15) is 31.1 Å². The van der Waals surface area contributed by atoms with Crippen molar-refractivity contribution >= 4 is 6.29 Å². The molecule has 0 aliphatic rings. The summed E-state index contributed by atoms with van der Waals surface area (Å²) in [6.07, 6.45) is -8.94. The molecule has 186 valence electrons. The van der Waals surface area contributed by atoms with Crippen molar-refractivity contribution in [3.05, 3.63) is 90.0 Å². The summed E-state index contributed by atoms with van der Waals surface area (Å²) in [5, 5.41) is 4.55. The average Bonchev–Trinajstić information content (AvgIpc) is 3.22. The molecule has 1 heterocycles. The largest absolute Gasteiger partial charge is 0.573 e. The van der Waals surface area contributed by atoms with Gasteiger partial charge in [-0.2, -0.15) is 5.10 Å². The molecule has 4 rings (SSSR count). The minimum Gasteiger partial charge on any atom is -0.406 e. The highest BCUT2D eigenvalue weighted by molar-refractivity contribution is 5.74. The second-order valence-electron chi connectivity index (χ2n) is 7.58. The zero-order chi connectivity index (χ0) is 25.9. The van der Waals surface area contributed by atoms with Crippen LogP contribution in [0.1, 0.15) is 15.9 Å². The van der Waals surface area contributed by atoms with E-state index in [0.717, 1.165) is 17.7 Å². The van der Waals surface area contributed by atoms with Crippen LogP contribution in [0.15, 0.2) is 78.9 Å². The van der Waals surface area contributed by atoms with Crippen LogP contribution in [0.5, 0.6) is 11.5 Å². The maximum Gasteiger partial charge on any atom is 0.573 e. The van der Waals surface area contributed by atoms with Gasteiger partial charge in [0.15, 0.2) is 0 Å². The van der Waals surface area contributed by atoms with Gasteiger partial charge >= 0.3 is 12.7 Å². The number of carbonyl (C=O) groups excluding carboxylic acids is 1. The van der Waals surface area contributed by atoms with Crippen molar-refractivity contribution in [1.82, 2.24) is 9.78 Å². The van der Waals surface area contributed by atoms with E-state index in [1.54, 1.807) is 35.0 Å². The van der Waals surface area contributed by atoms with Crippen molar-refractivity contribution in [1.29, 1.82) is 0 Å². The van der Waals surface area contributed by atoms with Crippen LogP contribution in [-0.2, 0) is 6.54 Å². The number of aldehydes is 1. The lowest BCUT2D eigenvalue weighted by molar-refractivity contribution is -0.275.